The summed E-state index contributed by atoms with van der Waals surface area (Å²) in [5, 5.41) is 0.692. The second kappa shape index (κ2) is 2.86. The first-order valence-electron chi connectivity index (χ1n) is 2.37. The van der Waals surface area contributed by atoms with Crippen LogP contribution in [0.25, 0.3) is 0 Å². The first-order valence-corrected chi connectivity index (χ1v) is 3.65. The van der Waals surface area contributed by atoms with Crippen molar-refractivity contribution in [1.29, 1.82) is 0 Å². The second-order valence-electron chi connectivity index (χ2n) is 1.63. The van der Waals surface area contributed by atoms with Gasteiger partial charge in [-0.3, -0.25) is 0 Å². The topological polar surface area (TPSA) is 0 Å². The summed E-state index contributed by atoms with van der Waals surface area (Å²) < 4.78 is 0. The van der Waals surface area contributed by atoms with Gasteiger partial charge in [0.1, 0.15) is 0 Å². The maximum absolute atomic E-state index is 5.63. The molecular weight excluding hydrogens is 172 g/mol. The van der Waals surface area contributed by atoms with Gasteiger partial charge < -0.3 is 0 Å². The number of hydrogen-bond acceptors (Lipinski definition) is 2. The molecule has 0 radical (unpaired) electrons. The zero-order valence-electron chi connectivity index (χ0n) is 4.50. The van der Waals surface area contributed by atoms with Crippen LogP contribution in [0, 0.1) is 0 Å². The van der Waals surface area contributed by atoms with Gasteiger partial charge in [-0.1, -0.05) is 11.6 Å². The van der Waals surface area contributed by atoms with Crippen LogP contribution in [0.15, 0.2) is 28.0 Å². The van der Waals surface area contributed by atoms with Crippen LogP contribution in [0.3, 0.4) is 0 Å². The van der Waals surface area contributed by atoms with Crippen molar-refractivity contribution < 1.29 is 0 Å². The zero-order valence-corrected chi connectivity index (χ0v) is 7.05. The molecule has 0 aliphatic carbocycles. The van der Waals surface area contributed by atoms with E-state index in [0.717, 1.165) is 9.79 Å². The molecule has 3 heteroatoms. The molecule has 1 aromatic rings. The third-order valence-corrected chi connectivity index (χ3v) is 2.11. The zero-order chi connectivity index (χ0) is 6.85. The van der Waals surface area contributed by atoms with E-state index in [1.165, 1.54) is 0 Å². The van der Waals surface area contributed by atoms with E-state index in [1.54, 1.807) is 12.1 Å². The Kier molecular flexibility index (Phi) is 2.33. The molecule has 0 nitrogen and oxygen atoms in total. The molecule has 0 bridgehead atoms. The minimum Gasteiger partial charge on any atom is -0.142 e. The third kappa shape index (κ3) is 1.81. The molecule has 1 rings (SSSR count). The number of rotatable bonds is 0. The van der Waals surface area contributed by atoms with E-state index in [2.05, 4.69) is 25.3 Å². The van der Waals surface area contributed by atoms with Crippen LogP contribution >= 0.6 is 36.9 Å². The first kappa shape index (κ1) is 7.32. The Morgan fingerprint density at radius 3 is 2.22 bits per heavy atom. The van der Waals surface area contributed by atoms with Crippen LogP contribution in [0.2, 0.25) is 5.02 Å². The lowest BCUT2D eigenvalue weighted by Gasteiger charge is -1.95. The van der Waals surface area contributed by atoms with Crippen molar-refractivity contribution in [3.63, 3.8) is 0 Å². The predicted octanol–water partition coefficient (Wildman–Crippen LogP) is 2.92. The lowest BCUT2D eigenvalue weighted by Crippen LogP contribution is -1.68. The van der Waals surface area contributed by atoms with Gasteiger partial charge in [-0.25, -0.2) is 0 Å². The smallest absolute Gasteiger partial charge is 0.0417 e. The molecular formula is C6H5ClS2. The van der Waals surface area contributed by atoms with Gasteiger partial charge in [0.2, 0.25) is 0 Å². The molecule has 0 saturated carbocycles. The summed E-state index contributed by atoms with van der Waals surface area (Å²) in [4.78, 5) is 1.66. The molecule has 0 unspecified atom stereocenters. The average molecular weight is 177 g/mol. The van der Waals surface area contributed by atoms with E-state index in [4.69, 9.17) is 11.6 Å². The van der Waals surface area contributed by atoms with Crippen molar-refractivity contribution in [3.8, 4) is 0 Å². The molecule has 0 spiro atoms. The Hall–Kier alpha value is 0.210. The number of thiol groups is 2. The van der Waals surface area contributed by atoms with Crippen LogP contribution in [0.1, 0.15) is 0 Å². The molecule has 0 amide bonds. The lowest BCUT2D eigenvalue weighted by molar-refractivity contribution is 1.27. The highest BCUT2D eigenvalue weighted by atomic mass is 35.5. The van der Waals surface area contributed by atoms with Crippen LogP contribution in [0.5, 0.6) is 0 Å². The van der Waals surface area contributed by atoms with Gasteiger partial charge >= 0.3 is 0 Å². The van der Waals surface area contributed by atoms with E-state index >= 15 is 0 Å². The molecule has 0 atom stereocenters. The van der Waals surface area contributed by atoms with Crippen molar-refractivity contribution in [2.24, 2.45) is 0 Å². The summed E-state index contributed by atoms with van der Waals surface area (Å²) in [6.07, 6.45) is 0. The summed E-state index contributed by atoms with van der Waals surface area (Å²) in [5.74, 6) is 0. The van der Waals surface area contributed by atoms with E-state index in [9.17, 15) is 0 Å². The summed E-state index contributed by atoms with van der Waals surface area (Å²) in [6.45, 7) is 0. The number of halogens is 1. The molecule has 0 aliphatic rings. The van der Waals surface area contributed by atoms with Gasteiger partial charge in [0, 0.05) is 14.8 Å². The fourth-order valence-electron chi connectivity index (χ4n) is 0.497. The van der Waals surface area contributed by atoms with Crippen LogP contribution in [0.4, 0.5) is 0 Å². The molecule has 0 fully saturated rings. The summed E-state index contributed by atoms with van der Waals surface area (Å²) in [7, 11) is 0. The van der Waals surface area contributed by atoms with Gasteiger partial charge in [0.15, 0.2) is 0 Å². The molecule has 0 aliphatic heterocycles. The molecule has 1 aromatic carbocycles. The van der Waals surface area contributed by atoms with E-state index < -0.39 is 0 Å². The molecule has 0 heterocycles. The Labute approximate surface area is 70.0 Å². The largest absolute Gasteiger partial charge is 0.142 e. The van der Waals surface area contributed by atoms with Crippen LogP contribution < -0.4 is 0 Å². The average Bonchev–Trinajstić information content (AvgIpc) is 1.80. The minimum absolute atomic E-state index is 0.692. The maximum atomic E-state index is 5.63. The summed E-state index contributed by atoms with van der Waals surface area (Å²) in [6, 6.07) is 5.35. The van der Waals surface area contributed by atoms with Crippen molar-refractivity contribution >= 4 is 36.9 Å². The highest BCUT2D eigenvalue weighted by Gasteiger charge is 1.92. The maximum Gasteiger partial charge on any atom is 0.0417 e. The van der Waals surface area contributed by atoms with Gasteiger partial charge in [0.05, 0.1) is 0 Å². The first-order chi connectivity index (χ1) is 4.20. The quantitative estimate of drug-likeness (QED) is 0.558. The fraction of sp³-hybridized carbons (Fsp3) is 0. The SMILES string of the molecule is Sc1ccc(Cl)cc1S. The van der Waals surface area contributed by atoms with Gasteiger partial charge in [-0.05, 0) is 18.2 Å². The van der Waals surface area contributed by atoms with E-state index in [0.29, 0.717) is 5.02 Å². The summed E-state index contributed by atoms with van der Waals surface area (Å²) >= 11 is 13.9. The summed E-state index contributed by atoms with van der Waals surface area (Å²) in [5.41, 5.74) is 0. The molecule has 48 valence electrons. The molecule has 0 saturated heterocycles. The molecule has 0 N–H and O–H groups in total. The normalized spacial score (nSPS) is 9.67. The Balaban J connectivity index is 3.17. The lowest BCUT2D eigenvalue weighted by atomic mass is 10.4. The standard InChI is InChI=1S/C6H5ClS2/c7-4-1-2-5(8)6(9)3-4/h1-3,8-9H. The third-order valence-electron chi connectivity index (χ3n) is 0.937. The Bertz CT molecular complexity index is 222. The predicted molar refractivity (Wildman–Crippen MR) is 46.0 cm³/mol. The second-order valence-corrected chi connectivity index (χ2v) is 3.03. The van der Waals surface area contributed by atoms with Crippen molar-refractivity contribution in [1.82, 2.24) is 0 Å². The highest BCUT2D eigenvalue weighted by molar-refractivity contribution is 7.83. The van der Waals surface area contributed by atoms with Gasteiger partial charge in [-0.2, -0.15) is 0 Å². The minimum atomic E-state index is 0.692. The van der Waals surface area contributed by atoms with Crippen LogP contribution in [-0.4, -0.2) is 0 Å². The number of benzene rings is 1. The fourth-order valence-corrected chi connectivity index (χ4v) is 1.10. The highest BCUT2D eigenvalue weighted by Crippen LogP contribution is 2.21. The Morgan fingerprint density at radius 2 is 1.78 bits per heavy atom. The van der Waals surface area contributed by atoms with Gasteiger partial charge in [0.25, 0.3) is 0 Å². The van der Waals surface area contributed by atoms with Gasteiger partial charge in [-0.15, -0.1) is 25.3 Å². The van der Waals surface area contributed by atoms with Crippen molar-refractivity contribution in [2.75, 3.05) is 0 Å². The molecule has 9 heavy (non-hydrogen) atoms. The Morgan fingerprint density at radius 1 is 1.11 bits per heavy atom. The monoisotopic (exact) mass is 176 g/mol. The van der Waals surface area contributed by atoms with E-state index in [-0.39, 0.29) is 0 Å². The van der Waals surface area contributed by atoms with Crippen molar-refractivity contribution in [3.05, 3.63) is 23.2 Å². The van der Waals surface area contributed by atoms with Crippen molar-refractivity contribution in [2.45, 2.75) is 9.79 Å². The number of hydrogen-bond donors (Lipinski definition) is 2. The van der Waals surface area contributed by atoms with E-state index in [1.807, 2.05) is 6.07 Å². The molecule has 0 aromatic heterocycles. The van der Waals surface area contributed by atoms with Crippen LogP contribution in [-0.2, 0) is 0 Å².